The molecule has 1 aromatic carbocycles. The van der Waals surface area contributed by atoms with Gasteiger partial charge in [-0.25, -0.2) is 18.1 Å². The fraction of sp³-hybridized carbons (Fsp3) is 0.235. The molecule has 11 nitrogen and oxygen atoms in total. The summed E-state index contributed by atoms with van der Waals surface area (Å²) < 4.78 is 33.4. The Kier molecular flexibility index (Phi) is 6.62. The van der Waals surface area contributed by atoms with E-state index in [1.54, 1.807) is 13.8 Å². The first kappa shape index (κ1) is 22.7. The van der Waals surface area contributed by atoms with E-state index in [0.29, 0.717) is 11.5 Å². The number of carbonyl (C=O) groups excluding carboxylic acids is 2. The third kappa shape index (κ3) is 5.40. The quantitative estimate of drug-likeness (QED) is 0.516. The molecule has 2 amide bonds. The summed E-state index contributed by atoms with van der Waals surface area (Å²) in [5, 5.41) is 5.96. The summed E-state index contributed by atoms with van der Waals surface area (Å²) in [6.45, 7) is 2.94. The molecule has 2 N–H and O–H groups in total. The number of halogens is 2. The highest BCUT2D eigenvalue weighted by Gasteiger charge is 2.22. The van der Waals surface area contributed by atoms with Gasteiger partial charge >= 0.3 is 0 Å². The fourth-order valence-electron chi connectivity index (χ4n) is 2.42. The number of amides is 2. The van der Waals surface area contributed by atoms with Crippen molar-refractivity contribution >= 4 is 50.7 Å². The van der Waals surface area contributed by atoms with Gasteiger partial charge < -0.3 is 14.4 Å². The lowest BCUT2D eigenvalue weighted by Crippen LogP contribution is -2.33. The van der Waals surface area contributed by atoms with Crippen LogP contribution in [0.5, 0.6) is 0 Å². The van der Waals surface area contributed by atoms with E-state index in [1.807, 2.05) is 4.72 Å². The zero-order valence-corrected chi connectivity index (χ0v) is 18.5. The zero-order valence-electron chi connectivity index (χ0n) is 16.2. The van der Waals surface area contributed by atoms with Gasteiger partial charge in [0.2, 0.25) is 5.91 Å². The number of sulfonamides is 1. The number of hydrogen-bond donors (Lipinski definition) is 2. The third-order valence-electron chi connectivity index (χ3n) is 3.87. The summed E-state index contributed by atoms with van der Waals surface area (Å²) in [5.41, 5.74) is 0.419. The van der Waals surface area contributed by atoms with Gasteiger partial charge in [-0.3, -0.25) is 9.59 Å². The summed E-state index contributed by atoms with van der Waals surface area (Å²) in [6.07, 6.45) is 2.96. The smallest absolute Gasteiger partial charge is 0.278 e. The van der Waals surface area contributed by atoms with Gasteiger partial charge in [-0.15, -0.1) is 0 Å². The van der Waals surface area contributed by atoms with E-state index in [0.717, 1.165) is 12.1 Å². The van der Waals surface area contributed by atoms with Gasteiger partial charge in [-0.05, 0) is 19.1 Å². The molecular formula is C17H16Cl2N6O5S. The van der Waals surface area contributed by atoms with Crippen molar-refractivity contribution in [2.24, 2.45) is 0 Å². The lowest BCUT2D eigenvalue weighted by Gasteiger charge is -2.12. The van der Waals surface area contributed by atoms with Crippen LogP contribution in [-0.2, 0) is 26.2 Å². The molecule has 3 aromatic rings. The average Bonchev–Trinajstić information content (AvgIpc) is 3.32. The number of aryl methyl sites for hydroxylation is 1. The van der Waals surface area contributed by atoms with Crippen molar-refractivity contribution in [3.63, 3.8) is 0 Å². The first-order chi connectivity index (χ1) is 14.6. The molecule has 2 aromatic heterocycles. The van der Waals surface area contributed by atoms with Crippen molar-refractivity contribution in [2.75, 3.05) is 5.32 Å². The van der Waals surface area contributed by atoms with Gasteiger partial charge in [-0.1, -0.05) is 35.3 Å². The number of nitrogens with one attached hydrogen (secondary N) is 2. The third-order valence-corrected chi connectivity index (χ3v) is 5.81. The summed E-state index contributed by atoms with van der Waals surface area (Å²) in [6, 6.07) is 2.17. The molecule has 0 spiro atoms. The molecule has 0 saturated heterocycles. The van der Waals surface area contributed by atoms with E-state index < -0.39 is 15.9 Å². The molecule has 2 heterocycles. The molecule has 0 aliphatic carbocycles. The molecule has 0 unspecified atom stereocenters. The minimum Gasteiger partial charge on any atom is -0.332 e. The molecule has 31 heavy (non-hydrogen) atoms. The van der Waals surface area contributed by atoms with Crippen LogP contribution in [0.3, 0.4) is 0 Å². The van der Waals surface area contributed by atoms with Crippen molar-refractivity contribution in [1.82, 2.24) is 24.4 Å². The van der Waals surface area contributed by atoms with E-state index in [4.69, 9.17) is 27.7 Å². The van der Waals surface area contributed by atoms with Crippen molar-refractivity contribution in [3.8, 4) is 11.6 Å². The number of carbonyl (C=O) groups is 2. The summed E-state index contributed by atoms with van der Waals surface area (Å²) >= 11 is 12.1. The maximum atomic E-state index is 12.6. The predicted octanol–water partition coefficient (Wildman–Crippen LogP) is 2.40. The number of hydrogen-bond acceptors (Lipinski definition) is 8. The van der Waals surface area contributed by atoms with Gasteiger partial charge in [0.1, 0.15) is 12.2 Å². The van der Waals surface area contributed by atoms with Crippen LogP contribution in [0.25, 0.3) is 11.6 Å². The van der Waals surface area contributed by atoms with Crippen LogP contribution in [0.1, 0.15) is 19.2 Å². The van der Waals surface area contributed by atoms with E-state index in [2.05, 4.69) is 20.4 Å². The van der Waals surface area contributed by atoms with Crippen molar-refractivity contribution in [3.05, 3.63) is 40.5 Å². The Morgan fingerprint density at radius 1 is 1.19 bits per heavy atom. The van der Waals surface area contributed by atoms with Crippen LogP contribution in [0.4, 0.5) is 5.69 Å². The second-order valence-corrected chi connectivity index (χ2v) is 8.77. The Morgan fingerprint density at radius 2 is 1.87 bits per heavy atom. The second kappa shape index (κ2) is 9.04. The van der Waals surface area contributed by atoms with Crippen LogP contribution >= 0.6 is 23.2 Å². The van der Waals surface area contributed by atoms with E-state index in [9.17, 15) is 18.0 Å². The van der Waals surface area contributed by atoms with Crippen LogP contribution in [0.2, 0.25) is 10.0 Å². The maximum Gasteiger partial charge on any atom is 0.278 e. The van der Waals surface area contributed by atoms with Gasteiger partial charge in [0.25, 0.3) is 21.8 Å². The maximum absolute atomic E-state index is 12.6. The minimum atomic E-state index is -4.27. The number of imidazole rings is 1. The minimum absolute atomic E-state index is 0.0858. The topological polar surface area (TPSA) is 149 Å². The predicted molar refractivity (Wildman–Crippen MR) is 111 cm³/mol. The Balaban J connectivity index is 1.72. The van der Waals surface area contributed by atoms with Gasteiger partial charge in [0.15, 0.2) is 5.82 Å². The Morgan fingerprint density at radius 3 is 2.45 bits per heavy atom. The highest BCUT2D eigenvalue weighted by Crippen LogP contribution is 2.33. The second-order valence-electron chi connectivity index (χ2n) is 6.27. The monoisotopic (exact) mass is 486 g/mol. The number of benzene rings is 1. The first-order valence-corrected chi connectivity index (χ1v) is 11.0. The highest BCUT2D eigenvalue weighted by molar-refractivity contribution is 7.90. The lowest BCUT2D eigenvalue weighted by atomic mass is 10.3. The van der Waals surface area contributed by atoms with Crippen molar-refractivity contribution in [2.45, 2.75) is 31.7 Å². The number of aromatic nitrogens is 4. The fourth-order valence-corrected chi connectivity index (χ4v) is 4.16. The molecule has 3 rings (SSSR count). The molecule has 0 atom stereocenters. The molecule has 14 heteroatoms. The van der Waals surface area contributed by atoms with Crippen LogP contribution in [0, 0.1) is 6.92 Å². The van der Waals surface area contributed by atoms with Gasteiger partial charge in [0.05, 0.1) is 27.0 Å². The van der Waals surface area contributed by atoms with Crippen molar-refractivity contribution < 1.29 is 22.5 Å². The van der Waals surface area contributed by atoms with Crippen LogP contribution < -0.4 is 10.0 Å². The van der Waals surface area contributed by atoms with Crippen LogP contribution in [-0.4, -0.2) is 39.9 Å². The standard InChI is InChI=1S/C17H16Cl2N6O5S/c1-3-14(26)22-16-11(18)4-10(5-12(16)19)31(28,29)24-15(27)7-25-6-13(20-8-25)17-21-9(2)23-30-17/h4-6,8H,3,7H2,1-2H3,(H,22,26)(H,24,27). The molecule has 0 bridgehead atoms. The molecule has 0 radical (unpaired) electrons. The van der Waals surface area contributed by atoms with Crippen LogP contribution in [0.15, 0.2) is 34.1 Å². The number of anilines is 1. The number of nitrogens with zero attached hydrogens (tertiary/aromatic N) is 4. The average molecular weight is 487 g/mol. The normalized spacial score (nSPS) is 11.4. The Bertz CT molecular complexity index is 1230. The summed E-state index contributed by atoms with van der Waals surface area (Å²) in [4.78, 5) is 31.5. The number of rotatable bonds is 7. The summed E-state index contributed by atoms with van der Waals surface area (Å²) in [5.74, 6) is -0.584. The van der Waals surface area contributed by atoms with Gasteiger partial charge in [-0.2, -0.15) is 4.98 Å². The molecule has 0 aliphatic rings. The Hall–Kier alpha value is -2.96. The molecular weight excluding hydrogens is 471 g/mol. The molecule has 0 saturated carbocycles. The largest absolute Gasteiger partial charge is 0.332 e. The first-order valence-electron chi connectivity index (χ1n) is 8.76. The lowest BCUT2D eigenvalue weighted by molar-refractivity contribution is -0.120. The summed E-state index contributed by atoms with van der Waals surface area (Å²) in [7, 11) is -4.27. The van der Waals surface area contributed by atoms with E-state index in [1.165, 1.54) is 17.1 Å². The molecule has 0 aliphatic heterocycles. The molecule has 164 valence electrons. The SMILES string of the molecule is CCC(=O)Nc1c(Cl)cc(S(=O)(=O)NC(=O)Cn2cnc(-c3nc(C)no3)c2)cc1Cl. The zero-order chi connectivity index (χ0) is 22.8. The van der Waals surface area contributed by atoms with Crippen molar-refractivity contribution in [1.29, 1.82) is 0 Å². The molecule has 0 fully saturated rings. The van der Waals surface area contributed by atoms with E-state index >= 15 is 0 Å². The Labute approximate surface area is 186 Å². The highest BCUT2D eigenvalue weighted by atomic mass is 35.5. The van der Waals surface area contributed by atoms with E-state index in [-0.39, 0.29) is 45.4 Å². The van der Waals surface area contributed by atoms with Gasteiger partial charge in [0, 0.05) is 12.6 Å².